The van der Waals surface area contributed by atoms with Crippen LogP contribution in [0.1, 0.15) is 35.7 Å². The second kappa shape index (κ2) is 9.68. The standard InChI is InChI=1S/C23H25N3O3/c1-17(27)24-21-9-5-8-19(16-21)23(29)25-20-12-14-26(15-13-20)22(28)11-10-18-6-3-2-4-7-18/h2-11,16,20H,12-15H2,1H3,(H,24,27)(H,25,29)/b11-10+. The molecule has 0 radical (unpaired) electrons. The first kappa shape index (κ1) is 20.3. The summed E-state index contributed by atoms with van der Waals surface area (Å²) in [5, 5.41) is 5.70. The first-order valence-corrected chi connectivity index (χ1v) is 9.72. The molecule has 1 fully saturated rings. The zero-order valence-corrected chi connectivity index (χ0v) is 16.4. The molecule has 2 aromatic carbocycles. The van der Waals surface area contributed by atoms with Crippen molar-refractivity contribution in [2.45, 2.75) is 25.8 Å². The van der Waals surface area contributed by atoms with Gasteiger partial charge in [0.15, 0.2) is 0 Å². The predicted octanol–water partition coefficient (Wildman–Crippen LogP) is 3.08. The van der Waals surface area contributed by atoms with Crippen LogP contribution in [0.4, 0.5) is 5.69 Å². The van der Waals surface area contributed by atoms with Gasteiger partial charge in [-0.3, -0.25) is 14.4 Å². The van der Waals surface area contributed by atoms with E-state index >= 15 is 0 Å². The molecule has 0 unspecified atom stereocenters. The lowest BCUT2D eigenvalue weighted by molar-refractivity contribution is -0.127. The number of carbonyl (C=O) groups is 3. The second-order valence-electron chi connectivity index (χ2n) is 7.08. The van der Waals surface area contributed by atoms with E-state index in [0.717, 1.165) is 5.56 Å². The number of benzene rings is 2. The third kappa shape index (κ3) is 6.04. The number of hydrogen-bond donors (Lipinski definition) is 2. The Bertz CT molecular complexity index is 901. The van der Waals surface area contributed by atoms with Gasteiger partial charge in [0.1, 0.15) is 0 Å². The molecule has 3 rings (SSSR count). The lowest BCUT2D eigenvalue weighted by Gasteiger charge is -2.31. The molecule has 6 nitrogen and oxygen atoms in total. The Hall–Kier alpha value is -3.41. The lowest BCUT2D eigenvalue weighted by Crippen LogP contribution is -2.46. The molecular formula is C23H25N3O3. The summed E-state index contributed by atoms with van der Waals surface area (Å²) in [5.41, 5.74) is 2.08. The summed E-state index contributed by atoms with van der Waals surface area (Å²) < 4.78 is 0. The summed E-state index contributed by atoms with van der Waals surface area (Å²) in [6.07, 6.45) is 4.84. The Kier molecular flexibility index (Phi) is 6.79. The number of anilines is 1. The van der Waals surface area contributed by atoms with Crippen LogP contribution in [0.25, 0.3) is 6.08 Å². The van der Waals surface area contributed by atoms with Gasteiger partial charge in [0, 0.05) is 43.4 Å². The Labute approximate surface area is 170 Å². The Morgan fingerprint density at radius 1 is 1.00 bits per heavy atom. The smallest absolute Gasteiger partial charge is 0.251 e. The fourth-order valence-electron chi connectivity index (χ4n) is 3.29. The summed E-state index contributed by atoms with van der Waals surface area (Å²) in [6.45, 7) is 2.64. The third-order valence-electron chi connectivity index (χ3n) is 4.80. The van der Waals surface area contributed by atoms with Crippen molar-refractivity contribution in [1.82, 2.24) is 10.2 Å². The van der Waals surface area contributed by atoms with Crippen LogP contribution in [0.2, 0.25) is 0 Å². The van der Waals surface area contributed by atoms with Gasteiger partial charge in [-0.25, -0.2) is 0 Å². The fourth-order valence-corrected chi connectivity index (χ4v) is 3.29. The fraction of sp³-hybridized carbons (Fsp3) is 0.261. The predicted molar refractivity (Wildman–Crippen MR) is 113 cm³/mol. The minimum atomic E-state index is -0.180. The molecule has 29 heavy (non-hydrogen) atoms. The van der Waals surface area contributed by atoms with Gasteiger partial charge in [-0.05, 0) is 42.7 Å². The van der Waals surface area contributed by atoms with Crippen LogP contribution in [0.5, 0.6) is 0 Å². The van der Waals surface area contributed by atoms with Crippen molar-refractivity contribution in [2.75, 3.05) is 18.4 Å². The molecule has 0 bridgehead atoms. The number of piperidine rings is 1. The number of nitrogens with one attached hydrogen (secondary N) is 2. The zero-order chi connectivity index (χ0) is 20.6. The number of rotatable bonds is 5. The van der Waals surface area contributed by atoms with Crippen LogP contribution in [-0.4, -0.2) is 41.8 Å². The van der Waals surface area contributed by atoms with Crippen molar-refractivity contribution in [1.29, 1.82) is 0 Å². The van der Waals surface area contributed by atoms with Gasteiger partial charge in [-0.15, -0.1) is 0 Å². The van der Waals surface area contributed by atoms with Gasteiger partial charge >= 0.3 is 0 Å². The van der Waals surface area contributed by atoms with Crippen molar-refractivity contribution in [2.24, 2.45) is 0 Å². The number of amides is 3. The van der Waals surface area contributed by atoms with Crippen molar-refractivity contribution in [3.63, 3.8) is 0 Å². The number of likely N-dealkylation sites (tertiary alicyclic amines) is 1. The molecule has 0 aromatic heterocycles. The first-order valence-electron chi connectivity index (χ1n) is 9.72. The molecule has 6 heteroatoms. The molecule has 0 saturated carbocycles. The average molecular weight is 391 g/mol. The van der Waals surface area contributed by atoms with Gasteiger partial charge in [-0.2, -0.15) is 0 Å². The van der Waals surface area contributed by atoms with Crippen LogP contribution in [0, 0.1) is 0 Å². The Morgan fingerprint density at radius 3 is 2.41 bits per heavy atom. The normalized spacial score (nSPS) is 14.6. The minimum Gasteiger partial charge on any atom is -0.349 e. The van der Waals surface area contributed by atoms with E-state index in [2.05, 4.69) is 10.6 Å². The van der Waals surface area contributed by atoms with E-state index in [0.29, 0.717) is 37.2 Å². The maximum Gasteiger partial charge on any atom is 0.251 e. The Morgan fingerprint density at radius 2 is 1.72 bits per heavy atom. The molecule has 1 aliphatic heterocycles. The molecule has 2 N–H and O–H groups in total. The monoisotopic (exact) mass is 391 g/mol. The highest BCUT2D eigenvalue weighted by Crippen LogP contribution is 2.14. The molecule has 3 amide bonds. The van der Waals surface area contributed by atoms with Crippen LogP contribution >= 0.6 is 0 Å². The summed E-state index contributed by atoms with van der Waals surface area (Å²) in [4.78, 5) is 37.9. The highest BCUT2D eigenvalue weighted by molar-refractivity contribution is 5.97. The maximum atomic E-state index is 12.5. The van der Waals surface area contributed by atoms with E-state index in [9.17, 15) is 14.4 Å². The van der Waals surface area contributed by atoms with Crippen LogP contribution in [0.3, 0.4) is 0 Å². The average Bonchev–Trinajstić information content (AvgIpc) is 2.73. The molecule has 1 saturated heterocycles. The summed E-state index contributed by atoms with van der Waals surface area (Å²) in [5.74, 6) is -0.367. The number of nitrogens with zero attached hydrogens (tertiary/aromatic N) is 1. The van der Waals surface area contributed by atoms with E-state index in [4.69, 9.17) is 0 Å². The van der Waals surface area contributed by atoms with Crippen LogP contribution in [-0.2, 0) is 9.59 Å². The number of carbonyl (C=O) groups excluding carboxylic acids is 3. The molecule has 1 aliphatic rings. The molecule has 0 spiro atoms. The quantitative estimate of drug-likeness (QED) is 0.769. The van der Waals surface area contributed by atoms with Crippen molar-refractivity contribution in [3.05, 3.63) is 71.8 Å². The third-order valence-corrected chi connectivity index (χ3v) is 4.80. The van der Waals surface area contributed by atoms with Gasteiger partial charge in [-0.1, -0.05) is 36.4 Å². The zero-order valence-electron chi connectivity index (χ0n) is 16.4. The Balaban J connectivity index is 1.49. The van der Waals surface area contributed by atoms with Gasteiger partial charge in [0.05, 0.1) is 0 Å². The second-order valence-corrected chi connectivity index (χ2v) is 7.08. The molecule has 0 atom stereocenters. The van der Waals surface area contributed by atoms with Crippen molar-refractivity contribution < 1.29 is 14.4 Å². The molecule has 1 heterocycles. The summed E-state index contributed by atoms with van der Waals surface area (Å²) in [6, 6.07) is 16.6. The van der Waals surface area contributed by atoms with E-state index in [1.54, 1.807) is 35.2 Å². The van der Waals surface area contributed by atoms with Crippen molar-refractivity contribution in [3.8, 4) is 0 Å². The van der Waals surface area contributed by atoms with E-state index in [1.807, 2.05) is 36.4 Å². The molecule has 2 aromatic rings. The molecular weight excluding hydrogens is 366 g/mol. The summed E-state index contributed by atoms with van der Waals surface area (Å²) >= 11 is 0. The van der Waals surface area contributed by atoms with Gasteiger partial charge in [0.25, 0.3) is 5.91 Å². The lowest BCUT2D eigenvalue weighted by atomic mass is 10.0. The topological polar surface area (TPSA) is 78.5 Å². The first-order chi connectivity index (χ1) is 14.0. The van der Waals surface area contributed by atoms with Crippen LogP contribution in [0.15, 0.2) is 60.7 Å². The van der Waals surface area contributed by atoms with E-state index in [1.165, 1.54) is 6.92 Å². The molecule has 150 valence electrons. The van der Waals surface area contributed by atoms with E-state index < -0.39 is 0 Å². The highest BCUT2D eigenvalue weighted by atomic mass is 16.2. The minimum absolute atomic E-state index is 0.0124. The molecule has 0 aliphatic carbocycles. The van der Waals surface area contributed by atoms with Gasteiger partial charge < -0.3 is 15.5 Å². The van der Waals surface area contributed by atoms with E-state index in [-0.39, 0.29) is 23.8 Å². The SMILES string of the molecule is CC(=O)Nc1cccc(C(=O)NC2CCN(C(=O)/C=C/c3ccccc3)CC2)c1. The van der Waals surface area contributed by atoms with Gasteiger partial charge in [0.2, 0.25) is 11.8 Å². The largest absolute Gasteiger partial charge is 0.349 e. The van der Waals surface area contributed by atoms with Crippen molar-refractivity contribution >= 4 is 29.5 Å². The number of hydrogen-bond acceptors (Lipinski definition) is 3. The van der Waals surface area contributed by atoms with Crippen LogP contribution < -0.4 is 10.6 Å². The highest BCUT2D eigenvalue weighted by Gasteiger charge is 2.23. The maximum absolute atomic E-state index is 12.5. The summed E-state index contributed by atoms with van der Waals surface area (Å²) in [7, 11) is 0.